The third kappa shape index (κ3) is 4.60. The van der Waals surface area contributed by atoms with Crippen LogP contribution in [0.1, 0.15) is 47.9 Å². The fourth-order valence-electron chi connectivity index (χ4n) is 7.75. The van der Waals surface area contributed by atoms with Gasteiger partial charge in [-0.15, -0.1) is 0 Å². The van der Waals surface area contributed by atoms with Gasteiger partial charge in [-0.25, -0.2) is 0 Å². The van der Waals surface area contributed by atoms with Crippen LogP contribution < -0.4 is 0 Å². The highest BCUT2D eigenvalue weighted by atomic mass is 28.2. The maximum Gasteiger partial charge on any atom is 0.0218 e. The van der Waals surface area contributed by atoms with Crippen molar-refractivity contribution >= 4 is 43.2 Å². The van der Waals surface area contributed by atoms with Gasteiger partial charge < -0.3 is 0 Å². The van der Waals surface area contributed by atoms with Crippen LogP contribution in [0.4, 0.5) is 0 Å². The van der Waals surface area contributed by atoms with Crippen molar-refractivity contribution in [2.75, 3.05) is 0 Å². The second kappa shape index (κ2) is 10.7. The fourth-order valence-corrected chi connectivity index (χ4v) is 10.3. The highest BCUT2D eigenvalue weighted by Crippen LogP contribution is 2.46. The third-order valence-corrected chi connectivity index (χ3v) is 12.0. The largest absolute Gasteiger partial charge is 0.0655 e. The lowest BCUT2D eigenvalue weighted by molar-refractivity contribution is 0.876. The Hall–Kier alpha value is -4.46. The summed E-state index contributed by atoms with van der Waals surface area (Å²) in [6.07, 6.45) is 4.95. The number of hydrogen-bond acceptors (Lipinski definition) is 0. The minimum Gasteiger partial charge on any atom is -0.0655 e. The average Bonchev–Trinajstić information content (AvgIpc) is 3.55. The Labute approximate surface area is 257 Å². The molecule has 0 aromatic heterocycles. The smallest absolute Gasteiger partial charge is 0.0218 e. The number of allylic oxidation sites excluding steroid dienone is 2. The molecule has 2 aliphatic carbocycles. The van der Waals surface area contributed by atoms with Gasteiger partial charge in [0.2, 0.25) is 0 Å². The molecule has 2 aliphatic rings. The van der Waals surface area contributed by atoms with Gasteiger partial charge in [0.15, 0.2) is 0 Å². The van der Waals surface area contributed by atoms with Crippen LogP contribution in [0.25, 0.3) is 56.0 Å². The summed E-state index contributed by atoms with van der Waals surface area (Å²) < 4.78 is 0. The van der Waals surface area contributed by atoms with E-state index in [4.69, 9.17) is 0 Å². The maximum atomic E-state index is 2.48. The van der Waals surface area contributed by atoms with Crippen molar-refractivity contribution < 1.29 is 0 Å². The predicted octanol–water partition coefficient (Wildman–Crippen LogP) is 11.0. The summed E-state index contributed by atoms with van der Waals surface area (Å²) in [4.78, 5) is 0. The molecule has 2 atom stereocenters. The summed E-state index contributed by atoms with van der Waals surface area (Å²) >= 11 is 0. The average molecular weight is 569 g/mol. The van der Waals surface area contributed by atoms with Crippen molar-refractivity contribution in [2.45, 2.75) is 37.8 Å². The Balaban J connectivity index is 1.03. The van der Waals surface area contributed by atoms with Crippen LogP contribution in [0.2, 0.25) is 12.1 Å². The van der Waals surface area contributed by atoms with Crippen LogP contribution in [0.5, 0.6) is 0 Å². The zero-order chi connectivity index (χ0) is 28.9. The van der Waals surface area contributed by atoms with Crippen molar-refractivity contribution in [3.63, 3.8) is 0 Å². The number of fused-ring (bicyclic) bond motifs is 4. The summed E-state index contributed by atoms with van der Waals surface area (Å²) in [5.74, 6) is 1.13. The number of hydrogen-bond donors (Lipinski definition) is 0. The molecular formula is C42H36Si. The summed E-state index contributed by atoms with van der Waals surface area (Å²) in [6, 6.07) is 47.8. The Morgan fingerprint density at radius 2 is 0.907 bits per heavy atom. The van der Waals surface area contributed by atoms with Gasteiger partial charge in [-0.1, -0.05) is 145 Å². The Morgan fingerprint density at radius 3 is 1.37 bits per heavy atom. The molecule has 0 nitrogen and oxygen atoms in total. The SMILES string of the molecule is CC1=Cc2c(-c3ccc4ccccc4c3)cccc2C1C[SiH2]CC1C(C)=Cc2c(-c3ccc4ccccc4c3)cccc21. The topological polar surface area (TPSA) is 0 Å². The molecule has 1 heteroatoms. The van der Waals surface area contributed by atoms with E-state index in [1.165, 1.54) is 89.3 Å². The van der Waals surface area contributed by atoms with Crippen molar-refractivity contribution in [3.05, 3.63) is 155 Å². The van der Waals surface area contributed by atoms with Gasteiger partial charge >= 0.3 is 0 Å². The van der Waals surface area contributed by atoms with E-state index in [0.717, 1.165) is 0 Å². The molecule has 6 aromatic rings. The lowest BCUT2D eigenvalue weighted by atomic mass is 9.92. The van der Waals surface area contributed by atoms with Gasteiger partial charge in [-0.3, -0.25) is 0 Å². The first-order valence-corrected chi connectivity index (χ1v) is 17.7. The lowest BCUT2D eigenvalue weighted by Gasteiger charge is -2.19. The van der Waals surface area contributed by atoms with Crippen molar-refractivity contribution in [1.29, 1.82) is 0 Å². The molecule has 2 unspecified atom stereocenters. The molecule has 8 rings (SSSR count). The predicted molar refractivity (Wildman–Crippen MR) is 190 cm³/mol. The van der Waals surface area contributed by atoms with Gasteiger partial charge in [-0.05, 0) is 92.0 Å². The number of benzene rings is 6. The normalized spacial score (nSPS) is 17.4. The van der Waals surface area contributed by atoms with Crippen LogP contribution in [-0.2, 0) is 0 Å². The quantitative estimate of drug-likeness (QED) is 0.175. The second-order valence-electron chi connectivity index (χ2n) is 12.6. The Morgan fingerprint density at radius 1 is 0.465 bits per heavy atom. The van der Waals surface area contributed by atoms with E-state index >= 15 is 0 Å². The zero-order valence-electron chi connectivity index (χ0n) is 25.0. The first-order valence-electron chi connectivity index (χ1n) is 15.7. The fraction of sp³-hybridized carbons (Fsp3) is 0.143. The summed E-state index contributed by atoms with van der Waals surface area (Å²) in [6.45, 7) is 4.71. The Kier molecular flexibility index (Phi) is 6.50. The molecular weight excluding hydrogens is 533 g/mol. The van der Waals surface area contributed by atoms with Crippen LogP contribution in [0, 0.1) is 0 Å². The molecule has 0 bridgehead atoms. The molecule has 0 N–H and O–H groups in total. The zero-order valence-corrected chi connectivity index (χ0v) is 26.4. The molecule has 0 amide bonds. The van der Waals surface area contributed by atoms with Gasteiger partial charge in [0.05, 0.1) is 0 Å². The summed E-state index contributed by atoms with van der Waals surface area (Å²) in [5.41, 5.74) is 14.4. The molecule has 0 fully saturated rings. The molecule has 6 aromatic carbocycles. The molecule has 0 saturated heterocycles. The first kappa shape index (κ1) is 26.2. The van der Waals surface area contributed by atoms with E-state index in [-0.39, 0.29) is 9.52 Å². The molecule has 0 heterocycles. The van der Waals surface area contributed by atoms with Gasteiger partial charge in [0.1, 0.15) is 0 Å². The lowest BCUT2D eigenvalue weighted by Crippen LogP contribution is -2.06. The molecule has 0 radical (unpaired) electrons. The van der Waals surface area contributed by atoms with Crippen molar-refractivity contribution in [2.24, 2.45) is 0 Å². The van der Waals surface area contributed by atoms with Crippen LogP contribution in [-0.4, -0.2) is 9.52 Å². The number of rotatable bonds is 6. The van der Waals surface area contributed by atoms with E-state index in [9.17, 15) is 0 Å². The monoisotopic (exact) mass is 568 g/mol. The van der Waals surface area contributed by atoms with Gasteiger partial charge in [-0.2, -0.15) is 0 Å². The standard InChI is InChI=1S/C42H36Si/c1-27-21-39-35(33-19-17-29-9-3-5-11-31(29)23-33)13-7-15-37(39)41(27)25-43-26-42-28(2)22-40-36(14-8-16-38(40)42)34-20-18-30-10-4-6-12-32(30)24-34/h3-24,41-42H,25-26,43H2,1-2H3. The second-order valence-corrected chi connectivity index (χ2v) is 14.4. The minimum absolute atomic E-state index is 0.278. The van der Waals surface area contributed by atoms with Crippen LogP contribution in [0.3, 0.4) is 0 Å². The van der Waals surface area contributed by atoms with Crippen molar-refractivity contribution in [1.82, 2.24) is 0 Å². The third-order valence-electron chi connectivity index (χ3n) is 9.98. The van der Waals surface area contributed by atoms with E-state index in [1.807, 2.05) is 0 Å². The molecule has 0 saturated carbocycles. The molecule has 0 aliphatic heterocycles. The molecule has 43 heavy (non-hydrogen) atoms. The van der Waals surface area contributed by atoms with E-state index in [2.05, 4.69) is 147 Å². The Bertz CT molecular complexity index is 1940. The maximum absolute atomic E-state index is 2.48. The van der Waals surface area contributed by atoms with Crippen LogP contribution in [0.15, 0.2) is 132 Å². The summed E-state index contributed by atoms with van der Waals surface area (Å²) in [7, 11) is -0.278. The van der Waals surface area contributed by atoms with Gasteiger partial charge in [0, 0.05) is 21.4 Å². The molecule has 208 valence electrons. The van der Waals surface area contributed by atoms with Crippen LogP contribution >= 0.6 is 0 Å². The van der Waals surface area contributed by atoms with Crippen molar-refractivity contribution in [3.8, 4) is 22.3 Å². The van der Waals surface area contributed by atoms with E-state index < -0.39 is 0 Å². The van der Waals surface area contributed by atoms with Gasteiger partial charge in [0.25, 0.3) is 0 Å². The first-order chi connectivity index (χ1) is 21.1. The highest BCUT2D eigenvalue weighted by molar-refractivity contribution is 6.36. The summed E-state index contributed by atoms with van der Waals surface area (Å²) in [5, 5.41) is 5.22. The van der Waals surface area contributed by atoms with E-state index in [0.29, 0.717) is 11.8 Å². The molecule has 0 spiro atoms. The van der Waals surface area contributed by atoms with E-state index in [1.54, 1.807) is 0 Å². The minimum atomic E-state index is -0.278. The highest BCUT2D eigenvalue weighted by Gasteiger charge is 2.28.